The highest BCUT2D eigenvalue weighted by molar-refractivity contribution is 5.72. The lowest BCUT2D eigenvalue weighted by molar-refractivity contribution is -0.194. The Kier molecular flexibility index (Phi) is 4.26. The van der Waals surface area contributed by atoms with Crippen molar-refractivity contribution >= 4 is 12.1 Å². The second-order valence-electron chi connectivity index (χ2n) is 5.98. The zero-order valence-electron chi connectivity index (χ0n) is 11.5. The molecule has 1 amide bonds. The number of carboxylic acid groups (broad SMARTS) is 1. The average Bonchev–Trinajstić information content (AvgIpc) is 2.58. The number of ether oxygens (including phenoxy) is 1. The van der Waals surface area contributed by atoms with Crippen LogP contribution in [0.25, 0.3) is 0 Å². The number of rotatable bonds is 2. The molecular weight excluding hydrogens is 279 g/mol. The predicted octanol–water partition coefficient (Wildman–Crippen LogP) is 2.70. The van der Waals surface area contributed by atoms with E-state index in [0.717, 1.165) is 0 Å². The number of alkyl halides is 3. The van der Waals surface area contributed by atoms with Gasteiger partial charge in [-0.3, -0.25) is 4.79 Å². The van der Waals surface area contributed by atoms with Crippen molar-refractivity contribution in [1.29, 1.82) is 0 Å². The van der Waals surface area contributed by atoms with Gasteiger partial charge in [-0.15, -0.1) is 0 Å². The number of hydrogen-bond donors (Lipinski definition) is 2. The van der Waals surface area contributed by atoms with Crippen LogP contribution in [0.1, 0.15) is 40.0 Å². The van der Waals surface area contributed by atoms with Crippen LogP contribution in [-0.4, -0.2) is 34.5 Å². The summed E-state index contributed by atoms with van der Waals surface area (Å²) in [7, 11) is 0. The highest BCUT2D eigenvalue weighted by Crippen LogP contribution is 2.45. The first-order valence-electron chi connectivity index (χ1n) is 6.17. The third-order valence-corrected chi connectivity index (χ3v) is 3.15. The number of carbonyl (C=O) groups excluding carboxylic acids is 1. The largest absolute Gasteiger partial charge is 0.481 e. The molecular formula is C12H18F3NO4. The summed E-state index contributed by atoms with van der Waals surface area (Å²) >= 11 is 0. The fourth-order valence-corrected chi connectivity index (χ4v) is 2.20. The molecule has 2 unspecified atom stereocenters. The Morgan fingerprint density at radius 3 is 2.20 bits per heavy atom. The minimum atomic E-state index is -4.73. The van der Waals surface area contributed by atoms with Crippen molar-refractivity contribution in [3.8, 4) is 0 Å². The quantitative estimate of drug-likeness (QED) is 0.821. The third kappa shape index (κ3) is 3.77. The fourth-order valence-electron chi connectivity index (χ4n) is 2.20. The Bertz CT molecular complexity index is 402. The number of hydrogen-bond acceptors (Lipinski definition) is 3. The number of aliphatic carboxylic acids is 1. The van der Waals surface area contributed by atoms with Gasteiger partial charge in [0.15, 0.2) is 0 Å². The van der Waals surface area contributed by atoms with E-state index in [2.05, 4.69) is 0 Å². The van der Waals surface area contributed by atoms with Crippen LogP contribution in [0.3, 0.4) is 0 Å². The molecule has 1 fully saturated rings. The van der Waals surface area contributed by atoms with Gasteiger partial charge in [-0.2, -0.15) is 13.2 Å². The van der Waals surface area contributed by atoms with Crippen molar-refractivity contribution in [2.45, 2.75) is 57.3 Å². The van der Waals surface area contributed by atoms with Crippen molar-refractivity contribution in [1.82, 2.24) is 5.32 Å². The molecule has 0 aliphatic heterocycles. The SMILES string of the molecule is CC(C)(C)OC(=O)NC1(C(F)(F)F)CCC(C(=O)O)C1. The molecule has 0 bridgehead atoms. The van der Waals surface area contributed by atoms with Crippen LogP contribution >= 0.6 is 0 Å². The molecule has 1 saturated carbocycles. The van der Waals surface area contributed by atoms with Crippen LogP contribution in [0.2, 0.25) is 0 Å². The molecule has 5 nitrogen and oxygen atoms in total. The normalized spacial score (nSPS) is 27.2. The highest BCUT2D eigenvalue weighted by Gasteiger charge is 2.60. The van der Waals surface area contributed by atoms with E-state index in [1.807, 2.05) is 5.32 Å². The summed E-state index contributed by atoms with van der Waals surface area (Å²) in [5.74, 6) is -2.41. The van der Waals surface area contributed by atoms with E-state index in [4.69, 9.17) is 9.84 Å². The lowest BCUT2D eigenvalue weighted by Gasteiger charge is -2.33. The molecule has 1 aliphatic rings. The van der Waals surface area contributed by atoms with Gasteiger partial charge in [0, 0.05) is 0 Å². The van der Waals surface area contributed by atoms with Gasteiger partial charge in [-0.25, -0.2) is 4.79 Å². The molecule has 0 saturated heterocycles. The van der Waals surface area contributed by atoms with Gasteiger partial charge in [0.2, 0.25) is 0 Å². The molecule has 0 aromatic carbocycles. The molecule has 0 aromatic heterocycles. The molecule has 0 aromatic rings. The Morgan fingerprint density at radius 1 is 1.30 bits per heavy atom. The zero-order valence-corrected chi connectivity index (χ0v) is 11.5. The summed E-state index contributed by atoms with van der Waals surface area (Å²) in [6, 6.07) is 0. The van der Waals surface area contributed by atoms with Crippen LogP contribution in [0.4, 0.5) is 18.0 Å². The van der Waals surface area contributed by atoms with Crippen LogP contribution in [0.5, 0.6) is 0 Å². The van der Waals surface area contributed by atoms with E-state index in [9.17, 15) is 22.8 Å². The van der Waals surface area contributed by atoms with Crippen LogP contribution < -0.4 is 5.32 Å². The maximum atomic E-state index is 13.2. The summed E-state index contributed by atoms with van der Waals surface area (Å²) in [4.78, 5) is 22.4. The maximum Gasteiger partial charge on any atom is 0.411 e. The monoisotopic (exact) mass is 297 g/mol. The topological polar surface area (TPSA) is 75.6 Å². The van der Waals surface area contributed by atoms with Gasteiger partial charge in [0.25, 0.3) is 0 Å². The first-order chi connectivity index (χ1) is 8.86. The van der Waals surface area contributed by atoms with Crippen molar-refractivity contribution in [2.24, 2.45) is 5.92 Å². The van der Waals surface area contributed by atoms with Crippen LogP contribution in [0.15, 0.2) is 0 Å². The number of amides is 1. The Balaban J connectivity index is 2.88. The van der Waals surface area contributed by atoms with Crippen LogP contribution in [0, 0.1) is 5.92 Å². The van der Waals surface area contributed by atoms with E-state index in [1.54, 1.807) is 0 Å². The maximum absolute atomic E-state index is 13.2. The summed E-state index contributed by atoms with van der Waals surface area (Å²) in [5, 5.41) is 10.6. The molecule has 2 N–H and O–H groups in total. The standard InChI is InChI=1S/C12H18F3NO4/c1-10(2,3)20-9(19)16-11(12(13,14)15)5-4-7(6-11)8(17)18/h7H,4-6H2,1-3H3,(H,16,19)(H,17,18). The Hall–Kier alpha value is -1.47. The fraction of sp³-hybridized carbons (Fsp3) is 0.833. The summed E-state index contributed by atoms with van der Waals surface area (Å²) in [5.41, 5.74) is -3.46. The molecule has 1 rings (SSSR count). The van der Waals surface area contributed by atoms with Crippen LogP contribution in [-0.2, 0) is 9.53 Å². The van der Waals surface area contributed by atoms with Gasteiger partial charge in [-0.1, -0.05) is 0 Å². The minimum Gasteiger partial charge on any atom is -0.481 e. The minimum absolute atomic E-state index is 0.134. The van der Waals surface area contributed by atoms with E-state index in [-0.39, 0.29) is 6.42 Å². The second kappa shape index (κ2) is 5.14. The second-order valence-corrected chi connectivity index (χ2v) is 5.98. The van der Waals surface area contributed by atoms with Crippen molar-refractivity contribution < 1.29 is 32.6 Å². The van der Waals surface area contributed by atoms with Gasteiger partial charge < -0.3 is 15.2 Å². The van der Waals surface area contributed by atoms with E-state index < -0.39 is 48.1 Å². The lowest BCUT2D eigenvalue weighted by Crippen LogP contribution is -2.58. The predicted molar refractivity (Wildman–Crippen MR) is 63.1 cm³/mol. The molecule has 20 heavy (non-hydrogen) atoms. The molecule has 8 heteroatoms. The molecule has 2 atom stereocenters. The number of carbonyl (C=O) groups is 2. The van der Waals surface area contributed by atoms with Gasteiger partial charge >= 0.3 is 18.2 Å². The number of carboxylic acids is 1. The van der Waals surface area contributed by atoms with Crippen molar-refractivity contribution in [3.05, 3.63) is 0 Å². The Morgan fingerprint density at radius 2 is 1.85 bits per heavy atom. The highest BCUT2D eigenvalue weighted by atomic mass is 19.4. The van der Waals surface area contributed by atoms with Crippen molar-refractivity contribution in [3.63, 3.8) is 0 Å². The van der Waals surface area contributed by atoms with E-state index in [0.29, 0.717) is 0 Å². The first kappa shape index (κ1) is 16.6. The van der Waals surface area contributed by atoms with E-state index in [1.165, 1.54) is 20.8 Å². The number of alkyl carbamates (subject to hydrolysis) is 1. The average molecular weight is 297 g/mol. The summed E-state index contributed by atoms with van der Waals surface area (Å²) in [6.45, 7) is 4.59. The van der Waals surface area contributed by atoms with Gasteiger partial charge in [-0.05, 0) is 40.0 Å². The molecule has 116 valence electrons. The molecule has 0 spiro atoms. The summed E-state index contributed by atoms with van der Waals surface area (Å²) in [6.07, 6.45) is -7.20. The number of halogens is 3. The molecule has 0 radical (unpaired) electrons. The van der Waals surface area contributed by atoms with Gasteiger partial charge in [0.05, 0.1) is 5.92 Å². The van der Waals surface area contributed by atoms with E-state index >= 15 is 0 Å². The zero-order chi connectivity index (χ0) is 15.8. The lowest BCUT2D eigenvalue weighted by atomic mass is 9.95. The molecule has 0 heterocycles. The summed E-state index contributed by atoms with van der Waals surface area (Å²) < 4.78 is 44.4. The Labute approximate surface area is 114 Å². The molecule has 1 aliphatic carbocycles. The third-order valence-electron chi connectivity index (χ3n) is 3.15. The van der Waals surface area contributed by atoms with Gasteiger partial charge in [0.1, 0.15) is 11.1 Å². The van der Waals surface area contributed by atoms with Crippen molar-refractivity contribution in [2.75, 3.05) is 0 Å². The number of nitrogens with one attached hydrogen (secondary N) is 1. The smallest absolute Gasteiger partial charge is 0.411 e. The first-order valence-corrected chi connectivity index (χ1v) is 6.17.